The fraction of sp³-hybridized carbons (Fsp3) is 1.00. The van der Waals surface area contributed by atoms with Crippen LogP contribution in [0.5, 0.6) is 0 Å². The summed E-state index contributed by atoms with van der Waals surface area (Å²) in [6, 6.07) is 0. The molecular formula is C6HF13. The van der Waals surface area contributed by atoms with Crippen LogP contribution in [0.25, 0.3) is 0 Å². The zero-order valence-corrected chi connectivity index (χ0v) is 7.99. The van der Waals surface area contributed by atoms with Crippen molar-refractivity contribution in [2.45, 2.75) is 30.4 Å². The minimum absolute atomic E-state index is 6.27. The Balaban J connectivity index is 6.28. The van der Waals surface area contributed by atoms with Crippen molar-refractivity contribution >= 4 is 0 Å². The van der Waals surface area contributed by atoms with E-state index in [1.807, 2.05) is 0 Å². The van der Waals surface area contributed by atoms with E-state index < -0.39 is 36.3 Å². The van der Waals surface area contributed by atoms with Crippen LogP contribution in [0.2, 0.25) is 0 Å². The molecule has 19 heavy (non-hydrogen) atoms. The molecule has 0 bridgehead atoms. The van der Waals surface area contributed by atoms with Crippen molar-refractivity contribution in [3.8, 4) is 0 Å². The van der Waals surface area contributed by atoms with Gasteiger partial charge in [-0.3, -0.25) is 0 Å². The smallest absolute Gasteiger partial charge is 0.222 e. The highest BCUT2D eigenvalue weighted by atomic mass is 19.4. The normalized spacial score (nSPS) is 16.1. The van der Waals surface area contributed by atoms with Crippen LogP contribution in [0.3, 0.4) is 0 Å². The predicted octanol–water partition coefficient (Wildman–Crippen LogP) is 4.56. The maximum Gasteiger partial charge on any atom is 0.432 e. The Labute approximate surface area is 94.7 Å². The summed E-state index contributed by atoms with van der Waals surface area (Å²) in [7, 11) is 0. The van der Waals surface area contributed by atoms with Crippen LogP contribution in [-0.4, -0.2) is 30.4 Å². The first-order valence-electron chi connectivity index (χ1n) is 3.82. The first-order valence-corrected chi connectivity index (χ1v) is 3.82. The average molecular weight is 320 g/mol. The first-order chi connectivity index (χ1) is 7.87. The lowest BCUT2D eigenvalue weighted by atomic mass is 9.86. The maximum absolute atomic E-state index is 12.8. The van der Waals surface area contributed by atoms with E-state index in [9.17, 15) is 57.1 Å². The quantitative estimate of drug-likeness (QED) is 0.621. The molecule has 0 aliphatic heterocycles. The van der Waals surface area contributed by atoms with Crippen LogP contribution in [0.4, 0.5) is 57.1 Å². The Morgan fingerprint density at radius 1 is 0.421 bits per heavy atom. The van der Waals surface area contributed by atoms with Gasteiger partial charge in [0.2, 0.25) is 5.92 Å². The van der Waals surface area contributed by atoms with Gasteiger partial charge in [-0.2, -0.15) is 52.7 Å². The van der Waals surface area contributed by atoms with Gasteiger partial charge >= 0.3 is 30.4 Å². The van der Waals surface area contributed by atoms with Gasteiger partial charge in [-0.25, -0.2) is 4.39 Å². The molecule has 0 heterocycles. The van der Waals surface area contributed by atoms with E-state index in [1.54, 1.807) is 0 Å². The van der Waals surface area contributed by atoms with E-state index in [2.05, 4.69) is 0 Å². The standard InChI is InChI=1S/C6HF13/c7-2(5(14,15)16,6(17,18)19)1(3(8,9)10)4(11,12)13/h1H. The van der Waals surface area contributed by atoms with E-state index >= 15 is 0 Å². The lowest BCUT2D eigenvalue weighted by Gasteiger charge is -2.38. The van der Waals surface area contributed by atoms with Crippen molar-refractivity contribution in [2.75, 3.05) is 0 Å². The molecule has 0 N–H and O–H groups in total. The molecule has 0 unspecified atom stereocenters. The largest absolute Gasteiger partial charge is 0.432 e. The monoisotopic (exact) mass is 320 g/mol. The lowest BCUT2D eigenvalue weighted by Crippen LogP contribution is -2.65. The van der Waals surface area contributed by atoms with Crippen LogP contribution in [-0.2, 0) is 0 Å². The van der Waals surface area contributed by atoms with Gasteiger partial charge < -0.3 is 0 Å². The van der Waals surface area contributed by atoms with Crippen molar-refractivity contribution in [2.24, 2.45) is 5.92 Å². The molecule has 0 aliphatic rings. The molecule has 0 nitrogen and oxygen atoms in total. The van der Waals surface area contributed by atoms with E-state index in [-0.39, 0.29) is 0 Å². The second-order valence-electron chi connectivity index (χ2n) is 3.22. The van der Waals surface area contributed by atoms with Crippen molar-refractivity contribution in [3.63, 3.8) is 0 Å². The molecular weight excluding hydrogens is 319 g/mol. The molecule has 0 radical (unpaired) electrons. The summed E-state index contributed by atoms with van der Waals surface area (Å²) < 4.78 is 155. The molecule has 0 aliphatic carbocycles. The summed E-state index contributed by atoms with van der Waals surface area (Å²) in [6.07, 6.45) is -29.2. The molecule has 0 atom stereocenters. The van der Waals surface area contributed by atoms with E-state index in [0.717, 1.165) is 0 Å². The molecule has 0 aromatic rings. The summed E-state index contributed by atoms with van der Waals surface area (Å²) in [5.41, 5.74) is -7.49. The number of rotatable bonds is 1. The number of hydrogen-bond donors (Lipinski definition) is 0. The SMILES string of the molecule is FC(F)(F)C(C(F)(F)F)C(F)(C(F)(F)F)C(F)(F)F. The molecule has 0 spiro atoms. The third kappa shape index (κ3) is 3.16. The van der Waals surface area contributed by atoms with E-state index in [1.165, 1.54) is 0 Å². The van der Waals surface area contributed by atoms with Crippen LogP contribution in [0, 0.1) is 5.92 Å². The molecule has 0 saturated carbocycles. The molecule has 0 aromatic carbocycles. The maximum atomic E-state index is 12.8. The van der Waals surface area contributed by atoms with Crippen LogP contribution >= 0.6 is 0 Å². The first kappa shape index (κ1) is 18.1. The van der Waals surface area contributed by atoms with Gasteiger partial charge in [0.25, 0.3) is 0 Å². The second kappa shape index (κ2) is 4.30. The Morgan fingerprint density at radius 2 is 0.632 bits per heavy atom. The van der Waals surface area contributed by atoms with Gasteiger partial charge in [0, 0.05) is 0 Å². The van der Waals surface area contributed by atoms with Crippen molar-refractivity contribution in [3.05, 3.63) is 0 Å². The average Bonchev–Trinajstić information content (AvgIpc) is 1.92. The highest BCUT2D eigenvalue weighted by molar-refractivity contribution is 5.05. The molecule has 0 rings (SSSR count). The van der Waals surface area contributed by atoms with Crippen molar-refractivity contribution < 1.29 is 57.1 Å². The molecule has 0 saturated heterocycles. The number of hydrogen-bond acceptors (Lipinski definition) is 0. The minimum atomic E-state index is -7.49. The Hall–Kier alpha value is -0.910. The van der Waals surface area contributed by atoms with E-state index in [4.69, 9.17) is 0 Å². The summed E-state index contributed by atoms with van der Waals surface area (Å²) in [5.74, 6) is -6.27. The van der Waals surface area contributed by atoms with Crippen LogP contribution in [0.1, 0.15) is 0 Å². The molecule has 116 valence electrons. The van der Waals surface area contributed by atoms with Crippen LogP contribution < -0.4 is 0 Å². The summed E-state index contributed by atoms with van der Waals surface area (Å²) in [4.78, 5) is 0. The van der Waals surface area contributed by atoms with Crippen LogP contribution in [0.15, 0.2) is 0 Å². The topological polar surface area (TPSA) is 0 Å². The highest BCUT2D eigenvalue weighted by Gasteiger charge is 2.86. The van der Waals surface area contributed by atoms with Gasteiger partial charge in [0.05, 0.1) is 0 Å². The molecule has 0 amide bonds. The molecule has 0 fully saturated rings. The van der Waals surface area contributed by atoms with Gasteiger partial charge in [0.15, 0.2) is 0 Å². The Kier molecular flexibility index (Phi) is 4.09. The minimum Gasteiger partial charge on any atom is -0.222 e. The van der Waals surface area contributed by atoms with Gasteiger partial charge in [-0.05, 0) is 0 Å². The third-order valence-corrected chi connectivity index (χ3v) is 1.88. The summed E-state index contributed by atoms with van der Waals surface area (Å²) in [6.45, 7) is 0. The van der Waals surface area contributed by atoms with E-state index in [0.29, 0.717) is 0 Å². The van der Waals surface area contributed by atoms with Crippen molar-refractivity contribution in [1.29, 1.82) is 0 Å². The Bertz CT molecular complexity index is 282. The third-order valence-electron chi connectivity index (χ3n) is 1.88. The second-order valence-corrected chi connectivity index (χ2v) is 3.22. The fourth-order valence-corrected chi connectivity index (χ4v) is 1.12. The zero-order chi connectivity index (χ0) is 16.1. The summed E-state index contributed by atoms with van der Waals surface area (Å²) >= 11 is 0. The highest BCUT2D eigenvalue weighted by Crippen LogP contribution is 2.59. The van der Waals surface area contributed by atoms with Gasteiger partial charge in [-0.15, -0.1) is 0 Å². The zero-order valence-electron chi connectivity index (χ0n) is 7.99. The van der Waals surface area contributed by atoms with Gasteiger partial charge in [-0.1, -0.05) is 0 Å². The van der Waals surface area contributed by atoms with Gasteiger partial charge in [0.1, 0.15) is 0 Å². The number of halogens is 13. The summed E-state index contributed by atoms with van der Waals surface area (Å²) in [5, 5.41) is 0. The fourth-order valence-electron chi connectivity index (χ4n) is 1.12. The lowest BCUT2D eigenvalue weighted by molar-refractivity contribution is -0.424. The molecule has 0 aromatic heterocycles. The van der Waals surface area contributed by atoms with Crippen molar-refractivity contribution in [1.82, 2.24) is 0 Å². The predicted molar refractivity (Wildman–Crippen MR) is 31.5 cm³/mol. The molecule has 13 heteroatoms. The Morgan fingerprint density at radius 3 is 0.684 bits per heavy atom. The number of alkyl halides is 13.